The molecule has 0 aliphatic heterocycles. The molecule has 0 bridgehead atoms. The molecule has 3 aromatic carbocycles. The highest BCUT2D eigenvalue weighted by molar-refractivity contribution is 5.96. The Labute approximate surface area is 155 Å². The zero-order valence-electron chi connectivity index (χ0n) is 14.2. The van der Waals surface area contributed by atoms with Gasteiger partial charge in [0.2, 0.25) is 0 Å². The standard InChI is InChI=1S/C21H15N3O3/c25-21(23-22-13-14-6-5-7-15(12-14)24(26)27)20-18-10-3-1-8-16(18)17-9-2-4-11-19(17)20/h1-13,20H,(H,23,25)/b22-13+. The molecule has 0 saturated heterocycles. The van der Waals surface area contributed by atoms with E-state index in [0.717, 1.165) is 22.3 Å². The van der Waals surface area contributed by atoms with Gasteiger partial charge in [0.15, 0.2) is 0 Å². The molecule has 0 spiro atoms. The number of hydrogen-bond acceptors (Lipinski definition) is 4. The number of nitrogens with zero attached hydrogens (tertiary/aromatic N) is 2. The van der Waals surface area contributed by atoms with Gasteiger partial charge in [0.05, 0.1) is 17.1 Å². The Bertz CT molecular complexity index is 1030. The maximum Gasteiger partial charge on any atom is 0.270 e. The van der Waals surface area contributed by atoms with Crippen LogP contribution in [-0.2, 0) is 4.79 Å². The topological polar surface area (TPSA) is 84.6 Å². The predicted octanol–water partition coefficient (Wildman–Crippen LogP) is 3.86. The molecule has 0 saturated carbocycles. The summed E-state index contributed by atoms with van der Waals surface area (Å²) in [6, 6.07) is 21.7. The number of carbonyl (C=O) groups excluding carboxylic acids is 1. The van der Waals surface area contributed by atoms with Crippen LogP contribution in [0.3, 0.4) is 0 Å². The van der Waals surface area contributed by atoms with Gasteiger partial charge >= 0.3 is 0 Å². The van der Waals surface area contributed by atoms with E-state index in [9.17, 15) is 14.9 Å². The molecule has 132 valence electrons. The SMILES string of the molecule is O=C(N/N=C/c1cccc([N+](=O)[O-])c1)C1c2ccccc2-c2ccccc21. The van der Waals surface area contributed by atoms with Crippen LogP contribution in [0.5, 0.6) is 0 Å². The monoisotopic (exact) mass is 357 g/mol. The van der Waals surface area contributed by atoms with Gasteiger partial charge < -0.3 is 0 Å². The van der Waals surface area contributed by atoms with Gasteiger partial charge in [0, 0.05) is 17.7 Å². The van der Waals surface area contributed by atoms with Gasteiger partial charge in [-0.1, -0.05) is 60.7 Å². The van der Waals surface area contributed by atoms with Crippen molar-refractivity contribution in [3.05, 3.63) is 99.6 Å². The number of fused-ring (bicyclic) bond motifs is 3. The molecule has 3 aromatic rings. The molecule has 1 N–H and O–H groups in total. The van der Waals surface area contributed by atoms with E-state index < -0.39 is 10.8 Å². The maximum atomic E-state index is 12.8. The van der Waals surface area contributed by atoms with Crippen molar-refractivity contribution in [1.29, 1.82) is 0 Å². The first-order chi connectivity index (χ1) is 13.1. The summed E-state index contributed by atoms with van der Waals surface area (Å²) in [7, 11) is 0. The third-order valence-corrected chi connectivity index (χ3v) is 4.57. The van der Waals surface area contributed by atoms with Gasteiger partial charge in [-0.3, -0.25) is 14.9 Å². The van der Waals surface area contributed by atoms with Crippen LogP contribution >= 0.6 is 0 Å². The van der Waals surface area contributed by atoms with Gasteiger partial charge in [-0.15, -0.1) is 0 Å². The first kappa shape index (κ1) is 16.7. The normalized spacial score (nSPS) is 12.6. The second kappa shape index (κ2) is 6.84. The smallest absolute Gasteiger partial charge is 0.270 e. The van der Waals surface area contributed by atoms with Crippen molar-refractivity contribution in [3.63, 3.8) is 0 Å². The fraction of sp³-hybridized carbons (Fsp3) is 0.0476. The average Bonchev–Trinajstić information content (AvgIpc) is 3.03. The Hall–Kier alpha value is -3.80. The van der Waals surface area contributed by atoms with Gasteiger partial charge in [-0.2, -0.15) is 5.10 Å². The molecule has 1 amide bonds. The number of rotatable bonds is 4. The molecule has 1 aliphatic carbocycles. The highest BCUT2D eigenvalue weighted by Gasteiger charge is 2.33. The van der Waals surface area contributed by atoms with Crippen LogP contribution in [0.1, 0.15) is 22.6 Å². The van der Waals surface area contributed by atoms with E-state index in [-0.39, 0.29) is 11.6 Å². The summed E-state index contributed by atoms with van der Waals surface area (Å²) in [5, 5.41) is 14.8. The minimum Gasteiger partial charge on any atom is -0.272 e. The van der Waals surface area contributed by atoms with E-state index in [1.807, 2.05) is 48.5 Å². The van der Waals surface area contributed by atoms with E-state index in [2.05, 4.69) is 10.5 Å². The fourth-order valence-electron chi connectivity index (χ4n) is 3.39. The van der Waals surface area contributed by atoms with E-state index >= 15 is 0 Å². The zero-order valence-corrected chi connectivity index (χ0v) is 14.2. The minimum atomic E-state index is -0.470. The average molecular weight is 357 g/mol. The molecule has 1 aliphatic rings. The Morgan fingerprint density at radius 3 is 2.22 bits per heavy atom. The molecule has 6 heteroatoms. The van der Waals surface area contributed by atoms with Crippen LogP contribution in [-0.4, -0.2) is 17.0 Å². The molecule has 0 heterocycles. The van der Waals surface area contributed by atoms with Gasteiger partial charge in [0.25, 0.3) is 11.6 Å². The highest BCUT2D eigenvalue weighted by Crippen LogP contribution is 2.44. The third-order valence-electron chi connectivity index (χ3n) is 4.57. The maximum absolute atomic E-state index is 12.8. The minimum absolute atomic E-state index is 0.0241. The van der Waals surface area contributed by atoms with Crippen LogP contribution < -0.4 is 5.43 Å². The van der Waals surface area contributed by atoms with Gasteiger partial charge in [0.1, 0.15) is 0 Å². The number of nitrogens with one attached hydrogen (secondary N) is 1. The van der Waals surface area contributed by atoms with Crippen LogP contribution in [0.15, 0.2) is 77.9 Å². The number of nitro groups is 1. The second-order valence-electron chi connectivity index (χ2n) is 6.19. The van der Waals surface area contributed by atoms with Crippen LogP contribution in [0, 0.1) is 10.1 Å². The van der Waals surface area contributed by atoms with Crippen molar-refractivity contribution in [2.24, 2.45) is 5.10 Å². The lowest BCUT2D eigenvalue weighted by Gasteiger charge is -2.11. The molecule has 0 aromatic heterocycles. The van der Waals surface area contributed by atoms with E-state index in [4.69, 9.17) is 0 Å². The molecule has 0 fully saturated rings. The summed E-state index contributed by atoms with van der Waals surface area (Å²) in [5.74, 6) is -0.672. The quantitative estimate of drug-likeness (QED) is 0.437. The van der Waals surface area contributed by atoms with Crippen molar-refractivity contribution in [2.75, 3.05) is 0 Å². The predicted molar refractivity (Wildman–Crippen MR) is 103 cm³/mol. The number of hydrazone groups is 1. The summed E-state index contributed by atoms with van der Waals surface area (Å²) in [6.07, 6.45) is 1.40. The van der Waals surface area contributed by atoms with Crippen LogP contribution in [0.25, 0.3) is 11.1 Å². The first-order valence-electron chi connectivity index (χ1n) is 8.41. The lowest BCUT2D eigenvalue weighted by atomic mass is 9.96. The lowest BCUT2D eigenvalue weighted by molar-refractivity contribution is -0.384. The Morgan fingerprint density at radius 2 is 1.59 bits per heavy atom. The van der Waals surface area contributed by atoms with Gasteiger partial charge in [-0.05, 0) is 22.3 Å². The Kier molecular flexibility index (Phi) is 4.22. The highest BCUT2D eigenvalue weighted by atomic mass is 16.6. The zero-order chi connectivity index (χ0) is 18.8. The number of non-ortho nitro benzene ring substituents is 1. The summed E-state index contributed by atoms with van der Waals surface area (Å²) < 4.78 is 0. The number of nitro benzene ring substituents is 1. The van der Waals surface area contributed by atoms with Crippen molar-refractivity contribution >= 4 is 17.8 Å². The molecule has 4 rings (SSSR count). The van der Waals surface area contributed by atoms with E-state index in [0.29, 0.717) is 5.56 Å². The molecule has 6 nitrogen and oxygen atoms in total. The molecule has 0 unspecified atom stereocenters. The Balaban J connectivity index is 1.57. The number of carbonyl (C=O) groups is 1. The van der Waals surface area contributed by atoms with Crippen LogP contribution in [0.2, 0.25) is 0 Å². The third kappa shape index (κ3) is 3.08. The van der Waals surface area contributed by atoms with Crippen molar-refractivity contribution in [2.45, 2.75) is 5.92 Å². The second-order valence-corrected chi connectivity index (χ2v) is 6.19. The Morgan fingerprint density at radius 1 is 0.963 bits per heavy atom. The van der Waals surface area contributed by atoms with Crippen molar-refractivity contribution < 1.29 is 9.72 Å². The van der Waals surface area contributed by atoms with E-state index in [1.54, 1.807) is 12.1 Å². The molecular formula is C21H15N3O3. The lowest BCUT2D eigenvalue weighted by Crippen LogP contribution is -2.25. The number of hydrogen-bond donors (Lipinski definition) is 1. The number of amides is 1. The fourth-order valence-corrected chi connectivity index (χ4v) is 3.39. The summed E-state index contributed by atoms with van der Waals surface area (Å²) in [5.41, 5.74) is 7.07. The first-order valence-corrected chi connectivity index (χ1v) is 8.41. The molecule has 0 atom stereocenters. The largest absolute Gasteiger partial charge is 0.272 e. The molecule has 27 heavy (non-hydrogen) atoms. The van der Waals surface area contributed by atoms with Crippen LogP contribution in [0.4, 0.5) is 5.69 Å². The van der Waals surface area contributed by atoms with Gasteiger partial charge in [-0.25, -0.2) is 5.43 Å². The van der Waals surface area contributed by atoms with Crippen molar-refractivity contribution in [1.82, 2.24) is 5.43 Å². The van der Waals surface area contributed by atoms with Crippen molar-refractivity contribution in [3.8, 4) is 11.1 Å². The summed E-state index contributed by atoms with van der Waals surface area (Å²) >= 11 is 0. The summed E-state index contributed by atoms with van der Waals surface area (Å²) in [4.78, 5) is 23.2. The number of benzene rings is 3. The summed E-state index contributed by atoms with van der Waals surface area (Å²) in [6.45, 7) is 0. The molecule has 0 radical (unpaired) electrons. The van der Waals surface area contributed by atoms with E-state index in [1.165, 1.54) is 18.3 Å². The molecular weight excluding hydrogens is 342 g/mol.